The zero-order valence-electron chi connectivity index (χ0n) is 25.3. The molecule has 226 valence electrons. The third-order valence-electron chi connectivity index (χ3n) is 9.25. The monoisotopic (exact) mass is 609 g/mol. The largest absolute Gasteiger partial charge is 0.500 e. The van der Waals surface area contributed by atoms with Gasteiger partial charge in [0.1, 0.15) is 7.05 Å². The fraction of sp³-hybridized carbons (Fsp3) is 0.531. The number of hydrogen-bond acceptors (Lipinski definition) is 7. The number of nitrogens with zero attached hydrogens (tertiary/aromatic N) is 3. The molecule has 3 unspecified atom stereocenters. The Labute approximate surface area is 255 Å². The van der Waals surface area contributed by atoms with E-state index in [0.717, 1.165) is 54.2 Å². The molecule has 3 aliphatic rings. The summed E-state index contributed by atoms with van der Waals surface area (Å²) in [4.78, 5) is 20.9. The standard InChI is InChI=1S/C32H44N4O4SSi/c1-35-17-8-7-12-29(35)32(37)34-31(27-13-16-33-28-11-6-5-10-26(27)28)30-22-24-14-18-36(30)23-25(24)15-20-41-19-9-21-42(38-2,39-3)40-4/h5-8,10-13,16-17,24-25,30-31H,9,14-15,18-23H2,1-4H3/p+1/t24?,25?,30-,31-/m0/s1. The summed E-state index contributed by atoms with van der Waals surface area (Å²) >= 11 is 2.03. The number of thioether (sulfide) groups is 1. The van der Waals surface area contributed by atoms with Gasteiger partial charge in [-0.15, -0.1) is 0 Å². The smallest absolute Gasteiger partial charge is 0.377 e. The van der Waals surface area contributed by atoms with E-state index in [2.05, 4.69) is 39.5 Å². The summed E-state index contributed by atoms with van der Waals surface area (Å²) in [6.07, 6.45) is 8.41. The van der Waals surface area contributed by atoms with Gasteiger partial charge in [-0.1, -0.05) is 18.2 Å². The van der Waals surface area contributed by atoms with Gasteiger partial charge in [0.15, 0.2) is 6.20 Å². The SMILES string of the molecule is CO[Si](CCCSCCC1CN2CCC1C[C@H]2[C@@H](NC(=O)c1cccc[n+]1C)c1ccnc2ccccc12)(OC)OC. The van der Waals surface area contributed by atoms with Crippen LogP contribution in [0.1, 0.15) is 47.8 Å². The lowest BCUT2D eigenvalue weighted by atomic mass is 9.72. The number of nitrogens with one attached hydrogen (secondary N) is 1. The number of carbonyl (C=O) groups excluding carboxylic acids is 1. The Balaban J connectivity index is 1.26. The van der Waals surface area contributed by atoms with E-state index in [0.29, 0.717) is 17.5 Å². The first-order valence-corrected chi connectivity index (χ1v) is 18.1. The summed E-state index contributed by atoms with van der Waals surface area (Å²) in [7, 11) is 4.49. The number of benzene rings is 1. The molecule has 3 fully saturated rings. The fourth-order valence-electron chi connectivity index (χ4n) is 6.88. The first-order chi connectivity index (χ1) is 20.5. The highest BCUT2D eigenvalue weighted by molar-refractivity contribution is 7.99. The van der Waals surface area contributed by atoms with E-state index in [9.17, 15) is 4.79 Å². The number of pyridine rings is 2. The van der Waals surface area contributed by atoms with Crippen LogP contribution in [0, 0.1) is 11.8 Å². The Morgan fingerprint density at radius 3 is 2.64 bits per heavy atom. The number of aromatic nitrogens is 2. The van der Waals surface area contributed by atoms with Gasteiger partial charge in [-0.25, -0.2) is 0 Å². The van der Waals surface area contributed by atoms with Crippen LogP contribution < -0.4 is 9.88 Å². The summed E-state index contributed by atoms with van der Waals surface area (Å²) in [6.45, 7) is 2.18. The summed E-state index contributed by atoms with van der Waals surface area (Å²) in [5, 5.41) is 4.60. The minimum atomic E-state index is -2.48. The van der Waals surface area contributed by atoms with Gasteiger partial charge < -0.3 is 18.6 Å². The Morgan fingerprint density at radius 1 is 1.12 bits per heavy atom. The number of rotatable bonds is 14. The predicted molar refractivity (Wildman–Crippen MR) is 169 cm³/mol. The van der Waals surface area contributed by atoms with Crippen molar-refractivity contribution in [3.8, 4) is 0 Å². The van der Waals surface area contributed by atoms with Crippen molar-refractivity contribution >= 4 is 37.4 Å². The van der Waals surface area contributed by atoms with Gasteiger partial charge in [0, 0.05) is 63.7 Å². The molecule has 1 amide bonds. The quantitative estimate of drug-likeness (QED) is 0.162. The van der Waals surface area contributed by atoms with E-state index in [4.69, 9.17) is 13.3 Å². The molecule has 1 N–H and O–H groups in total. The maximum Gasteiger partial charge on any atom is 0.500 e. The van der Waals surface area contributed by atoms with Crippen LogP contribution in [0.3, 0.4) is 0 Å². The molecule has 10 heteroatoms. The summed E-state index contributed by atoms with van der Waals surface area (Å²) < 4.78 is 18.6. The van der Waals surface area contributed by atoms with Gasteiger partial charge in [0.2, 0.25) is 0 Å². The van der Waals surface area contributed by atoms with Crippen molar-refractivity contribution in [1.82, 2.24) is 15.2 Å². The number of para-hydroxylation sites is 1. The van der Waals surface area contributed by atoms with E-state index in [1.165, 1.54) is 18.6 Å². The molecule has 42 heavy (non-hydrogen) atoms. The molecule has 1 aromatic carbocycles. The number of fused-ring (bicyclic) bond motifs is 4. The molecule has 3 aromatic rings. The highest BCUT2D eigenvalue weighted by atomic mass is 32.2. The molecule has 2 bridgehead atoms. The van der Waals surface area contributed by atoms with Crippen LogP contribution in [0.5, 0.6) is 0 Å². The van der Waals surface area contributed by atoms with Crippen molar-refractivity contribution in [2.45, 2.75) is 43.8 Å². The topological polar surface area (TPSA) is 76.8 Å². The van der Waals surface area contributed by atoms with E-state index < -0.39 is 8.80 Å². The van der Waals surface area contributed by atoms with Crippen LogP contribution in [0.2, 0.25) is 6.04 Å². The van der Waals surface area contributed by atoms with Gasteiger partial charge in [-0.3, -0.25) is 14.7 Å². The van der Waals surface area contributed by atoms with Gasteiger partial charge in [-0.2, -0.15) is 16.3 Å². The molecule has 2 aromatic heterocycles. The Kier molecular flexibility index (Phi) is 10.7. The van der Waals surface area contributed by atoms with Crippen molar-refractivity contribution in [1.29, 1.82) is 0 Å². The summed E-state index contributed by atoms with van der Waals surface area (Å²) in [6, 6.07) is 17.1. The number of carbonyl (C=O) groups is 1. The molecular weight excluding hydrogens is 565 g/mol. The van der Waals surface area contributed by atoms with Crippen molar-refractivity contribution in [3.05, 3.63) is 72.2 Å². The number of aryl methyl sites for hydroxylation is 1. The minimum absolute atomic E-state index is 0.0397. The van der Waals surface area contributed by atoms with Crippen LogP contribution >= 0.6 is 11.8 Å². The molecule has 0 spiro atoms. The van der Waals surface area contributed by atoms with Gasteiger partial charge in [0.25, 0.3) is 5.69 Å². The lowest BCUT2D eigenvalue weighted by Gasteiger charge is -2.52. The van der Waals surface area contributed by atoms with E-state index >= 15 is 0 Å². The third kappa shape index (κ3) is 6.90. The van der Waals surface area contributed by atoms with Crippen LogP contribution in [0.25, 0.3) is 10.9 Å². The van der Waals surface area contributed by atoms with E-state index in [1.807, 2.05) is 60.0 Å². The van der Waals surface area contributed by atoms with Crippen LogP contribution in [-0.2, 0) is 20.3 Å². The van der Waals surface area contributed by atoms with Crippen molar-refractivity contribution in [3.63, 3.8) is 0 Å². The molecule has 3 aliphatic heterocycles. The lowest BCUT2D eigenvalue weighted by molar-refractivity contribution is -0.673. The maximum atomic E-state index is 13.7. The molecule has 3 saturated heterocycles. The molecule has 0 aliphatic carbocycles. The number of hydrogen-bond donors (Lipinski definition) is 1. The summed E-state index contributed by atoms with van der Waals surface area (Å²) in [5.41, 5.74) is 2.78. The second-order valence-corrected chi connectivity index (χ2v) is 15.8. The molecule has 6 rings (SSSR count). The first kappa shape index (κ1) is 31.1. The molecular formula is C32H45N4O4SSi+. The number of amides is 1. The lowest BCUT2D eigenvalue weighted by Crippen LogP contribution is -2.58. The second kappa shape index (κ2) is 14.4. The molecule has 8 nitrogen and oxygen atoms in total. The normalized spacial score (nSPS) is 22.8. The number of piperidine rings is 3. The summed E-state index contributed by atoms with van der Waals surface area (Å²) in [5.74, 6) is 3.60. The molecule has 0 saturated carbocycles. The fourth-order valence-corrected chi connectivity index (χ4v) is 9.88. The van der Waals surface area contributed by atoms with Gasteiger partial charge in [-0.05, 0) is 79.3 Å². The maximum absolute atomic E-state index is 13.7. The Bertz CT molecular complexity index is 1330. The Hall–Kier alpha value is -2.34. The van der Waals surface area contributed by atoms with Crippen LogP contribution in [0.4, 0.5) is 0 Å². The van der Waals surface area contributed by atoms with Crippen molar-refractivity contribution < 1.29 is 22.6 Å². The average Bonchev–Trinajstić information content (AvgIpc) is 3.04. The zero-order valence-corrected chi connectivity index (χ0v) is 27.1. The Morgan fingerprint density at radius 2 is 1.90 bits per heavy atom. The highest BCUT2D eigenvalue weighted by Gasteiger charge is 2.44. The molecule has 5 atom stereocenters. The molecule has 5 heterocycles. The van der Waals surface area contributed by atoms with E-state index in [-0.39, 0.29) is 18.0 Å². The third-order valence-corrected chi connectivity index (χ3v) is 13.2. The average molecular weight is 610 g/mol. The first-order valence-electron chi connectivity index (χ1n) is 15.0. The van der Waals surface area contributed by atoms with E-state index in [1.54, 1.807) is 21.3 Å². The van der Waals surface area contributed by atoms with Gasteiger partial charge in [0.05, 0.1) is 11.6 Å². The second-order valence-electron chi connectivity index (χ2n) is 11.5. The highest BCUT2D eigenvalue weighted by Crippen LogP contribution is 2.43. The van der Waals surface area contributed by atoms with Crippen LogP contribution in [-0.4, -0.2) is 76.6 Å². The van der Waals surface area contributed by atoms with Crippen LogP contribution in [0.15, 0.2) is 60.9 Å². The minimum Gasteiger partial charge on any atom is -0.377 e. The van der Waals surface area contributed by atoms with Crippen molar-refractivity contribution in [2.24, 2.45) is 18.9 Å². The zero-order chi connectivity index (χ0) is 29.5. The predicted octanol–water partition coefficient (Wildman–Crippen LogP) is 4.63. The van der Waals surface area contributed by atoms with Gasteiger partial charge >= 0.3 is 14.7 Å². The van der Waals surface area contributed by atoms with Crippen molar-refractivity contribution in [2.75, 3.05) is 45.9 Å². The molecule has 0 radical (unpaired) electrons.